The van der Waals surface area contributed by atoms with E-state index in [2.05, 4.69) is 34.1 Å². The number of nitrogens with zero attached hydrogens (tertiary/aromatic N) is 3. The summed E-state index contributed by atoms with van der Waals surface area (Å²) < 4.78 is 5.87. The number of hydrogen-bond acceptors (Lipinski definition) is 5. The monoisotopic (exact) mass is 409 g/mol. The molecule has 2 aliphatic rings. The Hall–Kier alpha value is -2.41. The number of amides is 1. The highest BCUT2D eigenvalue weighted by Crippen LogP contribution is 2.25. The van der Waals surface area contributed by atoms with Gasteiger partial charge in [-0.3, -0.25) is 9.69 Å². The van der Waals surface area contributed by atoms with E-state index in [1.54, 1.807) is 4.90 Å². The van der Waals surface area contributed by atoms with Crippen LogP contribution in [0.5, 0.6) is 5.75 Å². The van der Waals surface area contributed by atoms with Gasteiger partial charge in [-0.1, -0.05) is 30.3 Å². The SMILES string of the molecule is CN(C)Cc1ccc2c(c1)OCCN(CC(O)CN1CCc3ccccc3C1)C2=O. The Morgan fingerprint density at radius 1 is 1.10 bits per heavy atom. The molecule has 1 N–H and O–H groups in total. The van der Waals surface area contributed by atoms with Crippen molar-refractivity contribution in [2.75, 3.05) is 46.9 Å². The fourth-order valence-corrected chi connectivity index (χ4v) is 4.36. The number of fused-ring (bicyclic) bond motifs is 2. The number of carbonyl (C=O) groups is 1. The van der Waals surface area contributed by atoms with E-state index in [1.807, 2.05) is 32.3 Å². The van der Waals surface area contributed by atoms with Crippen molar-refractivity contribution in [3.05, 3.63) is 64.7 Å². The molecule has 6 nitrogen and oxygen atoms in total. The predicted molar refractivity (Wildman–Crippen MR) is 117 cm³/mol. The largest absolute Gasteiger partial charge is 0.491 e. The lowest BCUT2D eigenvalue weighted by molar-refractivity contribution is 0.0501. The van der Waals surface area contributed by atoms with Gasteiger partial charge < -0.3 is 19.6 Å². The number of β-amino-alcohol motifs (C(OH)–C–C–N with tert-alkyl or cyclic N) is 1. The summed E-state index contributed by atoms with van der Waals surface area (Å²) in [6, 6.07) is 14.3. The molecule has 4 rings (SSSR count). The van der Waals surface area contributed by atoms with E-state index >= 15 is 0 Å². The Kier molecular flexibility index (Phi) is 6.37. The van der Waals surface area contributed by atoms with Gasteiger partial charge in [0.15, 0.2) is 0 Å². The van der Waals surface area contributed by atoms with E-state index in [9.17, 15) is 9.90 Å². The van der Waals surface area contributed by atoms with Crippen molar-refractivity contribution in [2.45, 2.75) is 25.6 Å². The molecule has 6 heteroatoms. The Balaban J connectivity index is 1.38. The van der Waals surface area contributed by atoms with E-state index in [0.29, 0.717) is 37.6 Å². The molecule has 2 aromatic carbocycles. The summed E-state index contributed by atoms with van der Waals surface area (Å²) in [4.78, 5) is 19.2. The molecule has 0 fully saturated rings. The summed E-state index contributed by atoms with van der Waals surface area (Å²) in [5, 5.41) is 10.7. The molecular weight excluding hydrogens is 378 g/mol. The van der Waals surface area contributed by atoms with Crippen molar-refractivity contribution in [2.24, 2.45) is 0 Å². The summed E-state index contributed by atoms with van der Waals surface area (Å²) in [5.41, 5.74) is 4.42. The minimum atomic E-state index is -0.589. The van der Waals surface area contributed by atoms with Crippen LogP contribution < -0.4 is 4.74 Å². The fraction of sp³-hybridized carbons (Fsp3) is 0.458. The van der Waals surface area contributed by atoms with Gasteiger partial charge in [-0.25, -0.2) is 0 Å². The first-order valence-corrected chi connectivity index (χ1v) is 10.7. The van der Waals surface area contributed by atoms with Crippen molar-refractivity contribution in [3.63, 3.8) is 0 Å². The van der Waals surface area contributed by atoms with Crippen LogP contribution in [0.4, 0.5) is 0 Å². The maximum atomic E-state index is 13.1. The van der Waals surface area contributed by atoms with E-state index in [1.165, 1.54) is 11.1 Å². The highest BCUT2D eigenvalue weighted by molar-refractivity contribution is 5.97. The summed E-state index contributed by atoms with van der Waals surface area (Å²) >= 11 is 0. The molecule has 1 amide bonds. The average Bonchev–Trinajstić information content (AvgIpc) is 2.86. The number of aliphatic hydroxyl groups excluding tert-OH is 1. The number of benzene rings is 2. The van der Waals surface area contributed by atoms with Crippen LogP contribution in [0.2, 0.25) is 0 Å². The molecule has 0 radical (unpaired) electrons. The number of ether oxygens (including phenoxy) is 1. The first kappa shape index (κ1) is 20.8. The van der Waals surface area contributed by atoms with Gasteiger partial charge in [0, 0.05) is 32.7 Å². The van der Waals surface area contributed by atoms with E-state index in [4.69, 9.17) is 4.74 Å². The molecule has 0 saturated heterocycles. The summed E-state index contributed by atoms with van der Waals surface area (Å²) in [6.45, 7) is 4.38. The first-order valence-electron chi connectivity index (χ1n) is 10.7. The second-order valence-electron chi connectivity index (χ2n) is 8.58. The number of aliphatic hydroxyl groups is 1. The molecule has 0 spiro atoms. The Morgan fingerprint density at radius 2 is 1.90 bits per heavy atom. The standard InChI is InChI=1S/C24H31N3O3/c1-25(2)14-18-7-8-22-23(13-18)30-12-11-27(24(22)29)17-21(28)16-26-10-9-19-5-3-4-6-20(19)15-26/h3-8,13,21,28H,9-12,14-17H2,1-2H3. The molecule has 160 valence electrons. The van der Waals surface area contributed by atoms with Gasteiger partial charge in [-0.2, -0.15) is 0 Å². The molecule has 1 atom stereocenters. The van der Waals surface area contributed by atoms with E-state index < -0.39 is 6.10 Å². The Morgan fingerprint density at radius 3 is 2.70 bits per heavy atom. The van der Waals surface area contributed by atoms with Gasteiger partial charge in [0.1, 0.15) is 12.4 Å². The molecule has 2 heterocycles. The van der Waals surface area contributed by atoms with Crippen LogP contribution in [0.25, 0.3) is 0 Å². The zero-order valence-corrected chi connectivity index (χ0v) is 17.9. The fourth-order valence-electron chi connectivity index (χ4n) is 4.36. The van der Waals surface area contributed by atoms with Gasteiger partial charge >= 0.3 is 0 Å². The van der Waals surface area contributed by atoms with Crippen LogP contribution in [-0.4, -0.2) is 78.7 Å². The summed E-state index contributed by atoms with van der Waals surface area (Å²) in [5.74, 6) is 0.575. The van der Waals surface area contributed by atoms with Gasteiger partial charge in [0.2, 0.25) is 0 Å². The second-order valence-corrected chi connectivity index (χ2v) is 8.58. The van der Waals surface area contributed by atoms with Crippen LogP contribution in [0.15, 0.2) is 42.5 Å². The van der Waals surface area contributed by atoms with Crippen LogP contribution >= 0.6 is 0 Å². The van der Waals surface area contributed by atoms with Gasteiger partial charge in [0.05, 0.1) is 18.2 Å². The molecular formula is C24H31N3O3. The van der Waals surface area contributed by atoms with E-state index in [0.717, 1.165) is 31.6 Å². The predicted octanol–water partition coefficient (Wildman–Crippen LogP) is 2.00. The summed E-state index contributed by atoms with van der Waals surface area (Å²) in [6.07, 6.45) is 0.413. The Labute approximate surface area is 178 Å². The lowest BCUT2D eigenvalue weighted by Gasteiger charge is -2.32. The molecule has 0 aliphatic carbocycles. The van der Waals surface area contributed by atoms with Crippen molar-refractivity contribution >= 4 is 5.91 Å². The zero-order valence-electron chi connectivity index (χ0n) is 17.9. The minimum absolute atomic E-state index is 0.0676. The van der Waals surface area contributed by atoms with E-state index in [-0.39, 0.29) is 5.91 Å². The van der Waals surface area contributed by atoms with Crippen molar-refractivity contribution in [3.8, 4) is 5.75 Å². The number of carbonyl (C=O) groups excluding carboxylic acids is 1. The van der Waals surface area contributed by atoms with Crippen molar-refractivity contribution in [1.29, 1.82) is 0 Å². The molecule has 0 aromatic heterocycles. The van der Waals surface area contributed by atoms with Crippen LogP contribution in [0.3, 0.4) is 0 Å². The molecule has 1 unspecified atom stereocenters. The van der Waals surface area contributed by atoms with Crippen molar-refractivity contribution < 1.29 is 14.6 Å². The maximum absolute atomic E-state index is 13.1. The molecule has 0 saturated carbocycles. The topological polar surface area (TPSA) is 56.2 Å². The normalized spacial score (nSPS) is 17.9. The second kappa shape index (κ2) is 9.16. The highest BCUT2D eigenvalue weighted by atomic mass is 16.5. The van der Waals surface area contributed by atoms with Crippen LogP contribution in [0.1, 0.15) is 27.0 Å². The molecule has 2 aromatic rings. The number of rotatable bonds is 6. The van der Waals surface area contributed by atoms with Crippen LogP contribution in [0, 0.1) is 0 Å². The molecule has 30 heavy (non-hydrogen) atoms. The Bertz CT molecular complexity index is 899. The smallest absolute Gasteiger partial charge is 0.257 e. The third kappa shape index (κ3) is 4.83. The minimum Gasteiger partial charge on any atom is -0.491 e. The van der Waals surface area contributed by atoms with Gasteiger partial charge in [0.25, 0.3) is 5.91 Å². The highest BCUT2D eigenvalue weighted by Gasteiger charge is 2.27. The average molecular weight is 410 g/mol. The van der Waals surface area contributed by atoms with Crippen LogP contribution in [-0.2, 0) is 19.5 Å². The lowest BCUT2D eigenvalue weighted by Crippen LogP contribution is -2.44. The molecule has 0 bridgehead atoms. The maximum Gasteiger partial charge on any atom is 0.257 e. The van der Waals surface area contributed by atoms with Gasteiger partial charge in [-0.15, -0.1) is 0 Å². The van der Waals surface area contributed by atoms with Gasteiger partial charge in [-0.05, 0) is 49.3 Å². The summed E-state index contributed by atoms with van der Waals surface area (Å²) in [7, 11) is 4.03. The number of hydrogen-bond donors (Lipinski definition) is 1. The third-order valence-corrected chi connectivity index (χ3v) is 5.79. The molecule has 2 aliphatic heterocycles. The van der Waals surface area contributed by atoms with Crippen molar-refractivity contribution in [1.82, 2.24) is 14.7 Å². The first-order chi connectivity index (χ1) is 14.5. The quantitative estimate of drug-likeness (QED) is 0.791. The lowest BCUT2D eigenvalue weighted by atomic mass is 10.00. The zero-order chi connectivity index (χ0) is 21.1. The third-order valence-electron chi connectivity index (χ3n) is 5.79.